The van der Waals surface area contributed by atoms with Crippen molar-refractivity contribution in [2.45, 2.75) is 61.6 Å². The zero-order chi connectivity index (χ0) is 15.1. The maximum atomic E-state index is 13.0. The highest BCUT2D eigenvalue weighted by molar-refractivity contribution is 7.92. The SMILES string of the molecule is Cc1ccc(S(=O)(=O)[C@@H]2C[C@@H](C)O[C@@]23CCCCO3)cc1. The minimum absolute atomic E-state index is 0.0895. The quantitative estimate of drug-likeness (QED) is 0.843. The standard InChI is InChI=1S/C16H22O4S/c1-12-5-7-14(8-6-12)21(17,18)15-11-13(2)20-16(15)9-3-4-10-19-16/h5-8,13,15H,3-4,9-11H2,1-2H3/t13-,15-,16+/m1/s1. The summed E-state index contributed by atoms with van der Waals surface area (Å²) in [6.45, 7) is 4.44. The van der Waals surface area contributed by atoms with Crippen molar-refractivity contribution in [3.63, 3.8) is 0 Å². The zero-order valence-electron chi connectivity index (χ0n) is 12.5. The lowest BCUT2D eigenvalue weighted by molar-refractivity contribution is -0.240. The van der Waals surface area contributed by atoms with E-state index in [2.05, 4.69) is 0 Å². The van der Waals surface area contributed by atoms with Gasteiger partial charge >= 0.3 is 0 Å². The smallest absolute Gasteiger partial charge is 0.186 e. The summed E-state index contributed by atoms with van der Waals surface area (Å²) >= 11 is 0. The van der Waals surface area contributed by atoms with Crippen molar-refractivity contribution in [1.29, 1.82) is 0 Å². The summed E-state index contributed by atoms with van der Waals surface area (Å²) in [6.07, 6.45) is 2.99. The van der Waals surface area contributed by atoms with Crippen LogP contribution in [-0.4, -0.2) is 32.2 Å². The Hall–Kier alpha value is -0.910. The first-order valence-electron chi connectivity index (χ1n) is 7.56. The molecule has 2 aliphatic heterocycles. The Kier molecular flexibility index (Phi) is 3.84. The van der Waals surface area contributed by atoms with Crippen molar-refractivity contribution < 1.29 is 17.9 Å². The molecule has 0 aliphatic carbocycles. The molecule has 2 fully saturated rings. The van der Waals surface area contributed by atoms with Crippen molar-refractivity contribution in [2.24, 2.45) is 0 Å². The molecule has 21 heavy (non-hydrogen) atoms. The maximum Gasteiger partial charge on any atom is 0.186 e. The van der Waals surface area contributed by atoms with Gasteiger partial charge in [-0.1, -0.05) is 17.7 Å². The van der Waals surface area contributed by atoms with Crippen LogP contribution in [0.2, 0.25) is 0 Å². The van der Waals surface area contributed by atoms with Gasteiger partial charge < -0.3 is 9.47 Å². The van der Waals surface area contributed by atoms with Crippen LogP contribution in [0, 0.1) is 6.92 Å². The van der Waals surface area contributed by atoms with E-state index in [1.165, 1.54) is 0 Å². The molecule has 1 aromatic rings. The average molecular weight is 310 g/mol. The highest BCUT2D eigenvalue weighted by Gasteiger charge is 2.55. The molecule has 2 aliphatic rings. The van der Waals surface area contributed by atoms with Crippen LogP contribution >= 0.6 is 0 Å². The Morgan fingerprint density at radius 2 is 1.90 bits per heavy atom. The summed E-state index contributed by atoms with van der Waals surface area (Å²) in [5.41, 5.74) is 1.05. The first-order valence-corrected chi connectivity index (χ1v) is 9.11. The summed E-state index contributed by atoms with van der Waals surface area (Å²) in [5, 5.41) is -0.608. The molecule has 0 amide bonds. The van der Waals surface area contributed by atoms with Gasteiger partial charge in [-0.05, 0) is 45.2 Å². The number of benzene rings is 1. The van der Waals surface area contributed by atoms with Crippen LogP contribution in [0.25, 0.3) is 0 Å². The molecule has 2 saturated heterocycles. The molecule has 4 nitrogen and oxygen atoms in total. The first kappa shape index (κ1) is 15.0. The minimum atomic E-state index is -3.45. The first-order chi connectivity index (χ1) is 9.94. The molecular formula is C16H22O4S. The van der Waals surface area contributed by atoms with Gasteiger partial charge in [-0.3, -0.25) is 0 Å². The summed E-state index contributed by atoms with van der Waals surface area (Å²) < 4.78 is 37.8. The van der Waals surface area contributed by atoms with Crippen molar-refractivity contribution >= 4 is 9.84 Å². The fraction of sp³-hybridized carbons (Fsp3) is 0.625. The molecule has 1 spiro atoms. The molecule has 5 heteroatoms. The van der Waals surface area contributed by atoms with Gasteiger partial charge in [-0.2, -0.15) is 0 Å². The van der Waals surface area contributed by atoms with Gasteiger partial charge in [0.1, 0.15) is 5.25 Å². The largest absolute Gasteiger partial charge is 0.349 e. The number of hydrogen-bond donors (Lipinski definition) is 0. The maximum absolute atomic E-state index is 13.0. The molecule has 3 rings (SSSR count). The highest BCUT2D eigenvalue weighted by atomic mass is 32.2. The number of ether oxygens (including phenoxy) is 2. The van der Waals surface area contributed by atoms with Gasteiger partial charge in [0.25, 0.3) is 0 Å². The van der Waals surface area contributed by atoms with Gasteiger partial charge in [0, 0.05) is 6.42 Å². The summed E-state index contributed by atoms with van der Waals surface area (Å²) in [7, 11) is -3.45. The molecule has 0 N–H and O–H groups in total. The van der Waals surface area contributed by atoms with Crippen molar-refractivity contribution in [3.05, 3.63) is 29.8 Å². The monoisotopic (exact) mass is 310 g/mol. The fourth-order valence-electron chi connectivity index (χ4n) is 3.34. The molecule has 0 saturated carbocycles. The Bertz CT molecular complexity index is 600. The normalized spacial score (nSPS) is 33.4. The third kappa shape index (κ3) is 2.62. The molecule has 0 unspecified atom stereocenters. The number of aryl methyl sites for hydroxylation is 1. The van der Waals surface area contributed by atoms with Crippen LogP contribution in [0.4, 0.5) is 0 Å². The van der Waals surface area contributed by atoms with E-state index in [0.29, 0.717) is 24.3 Å². The Morgan fingerprint density at radius 3 is 2.52 bits per heavy atom. The van der Waals surface area contributed by atoms with Crippen LogP contribution in [0.1, 0.15) is 38.2 Å². The third-order valence-corrected chi connectivity index (χ3v) is 6.66. The van der Waals surface area contributed by atoms with Crippen molar-refractivity contribution in [2.75, 3.05) is 6.61 Å². The zero-order valence-corrected chi connectivity index (χ0v) is 13.4. The Morgan fingerprint density at radius 1 is 1.19 bits per heavy atom. The molecule has 0 aromatic heterocycles. The Labute approximate surface area is 126 Å². The predicted octanol–water partition coefficient (Wildman–Crippen LogP) is 2.84. The predicted molar refractivity (Wildman–Crippen MR) is 79.9 cm³/mol. The van der Waals surface area contributed by atoms with E-state index < -0.39 is 20.9 Å². The van der Waals surface area contributed by atoms with E-state index in [9.17, 15) is 8.42 Å². The second-order valence-electron chi connectivity index (χ2n) is 6.13. The van der Waals surface area contributed by atoms with Gasteiger partial charge in [0.05, 0.1) is 17.6 Å². The van der Waals surface area contributed by atoms with E-state index in [4.69, 9.17) is 9.47 Å². The summed E-state index contributed by atoms with van der Waals surface area (Å²) in [5.74, 6) is -0.943. The van der Waals surface area contributed by atoms with Gasteiger partial charge in [-0.25, -0.2) is 8.42 Å². The third-order valence-electron chi connectivity index (χ3n) is 4.43. The fourth-order valence-corrected chi connectivity index (χ4v) is 5.42. The molecule has 116 valence electrons. The number of rotatable bonds is 2. The topological polar surface area (TPSA) is 52.6 Å². The number of hydrogen-bond acceptors (Lipinski definition) is 4. The van der Waals surface area contributed by atoms with E-state index in [-0.39, 0.29) is 6.10 Å². The van der Waals surface area contributed by atoms with Crippen LogP contribution in [0.5, 0.6) is 0 Å². The lowest BCUT2D eigenvalue weighted by Crippen LogP contribution is -2.48. The molecular weight excluding hydrogens is 288 g/mol. The van der Waals surface area contributed by atoms with Gasteiger partial charge in [-0.15, -0.1) is 0 Å². The Balaban J connectivity index is 1.98. The van der Waals surface area contributed by atoms with E-state index in [1.807, 2.05) is 26.0 Å². The highest BCUT2D eigenvalue weighted by Crippen LogP contribution is 2.44. The van der Waals surface area contributed by atoms with Crippen LogP contribution in [-0.2, 0) is 19.3 Å². The molecule has 2 heterocycles. The second-order valence-corrected chi connectivity index (χ2v) is 8.26. The molecule has 3 atom stereocenters. The van der Waals surface area contributed by atoms with E-state index in [0.717, 1.165) is 18.4 Å². The molecule has 0 radical (unpaired) electrons. The second kappa shape index (κ2) is 5.38. The van der Waals surface area contributed by atoms with Crippen molar-refractivity contribution in [3.8, 4) is 0 Å². The number of sulfone groups is 1. The van der Waals surface area contributed by atoms with E-state index >= 15 is 0 Å². The lowest BCUT2D eigenvalue weighted by Gasteiger charge is -2.37. The van der Waals surface area contributed by atoms with E-state index in [1.54, 1.807) is 12.1 Å². The minimum Gasteiger partial charge on any atom is -0.349 e. The van der Waals surface area contributed by atoms with Crippen LogP contribution in [0.3, 0.4) is 0 Å². The van der Waals surface area contributed by atoms with Gasteiger partial charge in [0.15, 0.2) is 15.6 Å². The average Bonchev–Trinajstić information content (AvgIpc) is 2.77. The lowest BCUT2D eigenvalue weighted by atomic mass is 10.0. The molecule has 0 bridgehead atoms. The van der Waals surface area contributed by atoms with Gasteiger partial charge in [0.2, 0.25) is 0 Å². The van der Waals surface area contributed by atoms with Crippen molar-refractivity contribution in [1.82, 2.24) is 0 Å². The summed E-state index contributed by atoms with van der Waals surface area (Å²) in [4.78, 5) is 0.365. The van der Waals surface area contributed by atoms with Crippen LogP contribution < -0.4 is 0 Å². The summed E-state index contributed by atoms with van der Waals surface area (Å²) in [6, 6.07) is 7.04. The van der Waals surface area contributed by atoms with Crippen LogP contribution in [0.15, 0.2) is 29.2 Å². The molecule has 1 aromatic carbocycles.